The molecule has 0 fully saturated rings. The smallest absolute Gasteiger partial charge is 0.136 e. The summed E-state index contributed by atoms with van der Waals surface area (Å²) in [5.41, 5.74) is 0.733. The van der Waals surface area contributed by atoms with E-state index in [1.165, 1.54) is 18.1 Å². The highest BCUT2D eigenvalue weighted by Gasteiger charge is 2.21. The Bertz CT molecular complexity index is 581. The van der Waals surface area contributed by atoms with E-state index in [1.807, 2.05) is 13.0 Å². The molecular formula is C13H15ClN4S. The summed E-state index contributed by atoms with van der Waals surface area (Å²) in [6.45, 7) is 8.10. The van der Waals surface area contributed by atoms with Gasteiger partial charge in [-0.05, 0) is 24.8 Å². The van der Waals surface area contributed by atoms with Gasteiger partial charge in [0, 0.05) is 17.2 Å². The van der Waals surface area contributed by atoms with Gasteiger partial charge in [0.1, 0.15) is 27.4 Å². The van der Waals surface area contributed by atoms with Crippen LogP contribution < -0.4 is 0 Å². The van der Waals surface area contributed by atoms with Gasteiger partial charge in [-0.2, -0.15) is 0 Å². The fourth-order valence-electron chi connectivity index (χ4n) is 1.34. The zero-order valence-electron chi connectivity index (χ0n) is 11.3. The summed E-state index contributed by atoms with van der Waals surface area (Å²) >= 11 is 7.67. The second kappa shape index (κ2) is 5.43. The zero-order chi connectivity index (χ0) is 14.0. The first-order valence-corrected chi connectivity index (χ1v) is 7.06. The van der Waals surface area contributed by atoms with Crippen molar-refractivity contribution in [3.8, 4) is 0 Å². The van der Waals surface area contributed by atoms with E-state index >= 15 is 0 Å². The van der Waals surface area contributed by atoms with Gasteiger partial charge in [-0.25, -0.2) is 19.9 Å². The predicted molar refractivity (Wildman–Crippen MR) is 76.6 cm³/mol. The molecule has 0 amide bonds. The van der Waals surface area contributed by atoms with Crippen LogP contribution in [0.3, 0.4) is 0 Å². The molecule has 19 heavy (non-hydrogen) atoms. The van der Waals surface area contributed by atoms with Crippen LogP contribution in [-0.2, 0) is 5.41 Å². The highest BCUT2D eigenvalue weighted by Crippen LogP contribution is 2.32. The molecule has 2 aromatic rings. The summed E-state index contributed by atoms with van der Waals surface area (Å²) in [4.78, 5) is 17.0. The van der Waals surface area contributed by atoms with Crippen molar-refractivity contribution in [2.45, 2.75) is 43.2 Å². The molecule has 2 heterocycles. The Labute approximate surface area is 122 Å². The first-order valence-electron chi connectivity index (χ1n) is 5.86. The predicted octanol–water partition coefficient (Wildman–Crippen LogP) is 3.68. The topological polar surface area (TPSA) is 51.6 Å². The van der Waals surface area contributed by atoms with Crippen molar-refractivity contribution >= 4 is 23.4 Å². The van der Waals surface area contributed by atoms with E-state index in [9.17, 15) is 0 Å². The van der Waals surface area contributed by atoms with Gasteiger partial charge >= 0.3 is 0 Å². The number of rotatable bonds is 2. The van der Waals surface area contributed by atoms with Gasteiger partial charge in [-0.3, -0.25) is 0 Å². The van der Waals surface area contributed by atoms with Gasteiger partial charge in [-0.1, -0.05) is 32.4 Å². The number of hydrogen-bond acceptors (Lipinski definition) is 5. The first-order chi connectivity index (χ1) is 8.88. The molecule has 0 aliphatic carbocycles. The van der Waals surface area contributed by atoms with E-state index < -0.39 is 0 Å². The Hall–Kier alpha value is -1.20. The third kappa shape index (κ3) is 3.42. The summed E-state index contributed by atoms with van der Waals surface area (Å²) in [5, 5.41) is 2.17. The van der Waals surface area contributed by atoms with Crippen LogP contribution in [0.5, 0.6) is 0 Å². The summed E-state index contributed by atoms with van der Waals surface area (Å²) in [7, 11) is 0. The molecule has 0 N–H and O–H groups in total. The Morgan fingerprint density at radius 2 is 1.95 bits per heavy atom. The maximum Gasteiger partial charge on any atom is 0.136 e. The van der Waals surface area contributed by atoms with Gasteiger partial charge in [0.2, 0.25) is 0 Å². The lowest BCUT2D eigenvalue weighted by Crippen LogP contribution is -2.17. The highest BCUT2D eigenvalue weighted by atomic mass is 35.5. The monoisotopic (exact) mass is 294 g/mol. The quantitative estimate of drug-likeness (QED) is 0.791. The van der Waals surface area contributed by atoms with Crippen LogP contribution in [0, 0.1) is 6.92 Å². The summed E-state index contributed by atoms with van der Waals surface area (Å²) in [6, 6.07) is 1.84. The lowest BCUT2D eigenvalue weighted by Gasteiger charge is -2.18. The Kier molecular flexibility index (Phi) is 4.06. The highest BCUT2D eigenvalue weighted by molar-refractivity contribution is 7.99. The molecule has 0 unspecified atom stereocenters. The molecule has 2 aromatic heterocycles. The lowest BCUT2D eigenvalue weighted by molar-refractivity contribution is 0.537. The van der Waals surface area contributed by atoms with Crippen LogP contribution in [-0.4, -0.2) is 19.9 Å². The van der Waals surface area contributed by atoms with Crippen LogP contribution in [0.2, 0.25) is 5.15 Å². The summed E-state index contributed by atoms with van der Waals surface area (Å²) in [6.07, 6.45) is 3.23. The van der Waals surface area contributed by atoms with E-state index in [4.69, 9.17) is 11.6 Å². The minimum absolute atomic E-state index is 0.141. The molecule has 0 aliphatic rings. The normalized spacial score (nSPS) is 11.6. The second-order valence-electron chi connectivity index (χ2n) is 5.17. The van der Waals surface area contributed by atoms with Crippen molar-refractivity contribution in [3.05, 3.63) is 35.1 Å². The van der Waals surface area contributed by atoms with Crippen LogP contribution in [0.1, 0.15) is 32.2 Å². The molecule has 100 valence electrons. The fourth-order valence-corrected chi connectivity index (χ4v) is 2.38. The van der Waals surface area contributed by atoms with Crippen molar-refractivity contribution in [3.63, 3.8) is 0 Å². The van der Waals surface area contributed by atoms with Gasteiger partial charge in [0.15, 0.2) is 0 Å². The number of hydrogen-bond donors (Lipinski definition) is 0. The second-order valence-corrected chi connectivity index (χ2v) is 6.53. The third-order valence-corrected chi connectivity index (χ3v) is 3.88. The van der Waals surface area contributed by atoms with E-state index in [0.717, 1.165) is 21.4 Å². The van der Waals surface area contributed by atoms with Gasteiger partial charge in [0.05, 0.1) is 0 Å². The van der Waals surface area contributed by atoms with Gasteiger partial charge < -0.3 is 0 Å². The van der Waals surface area contributed by atoms with Crippen LogP contribution >= 0.6 is 23.4 Å². The van der Waals surface area contributed by atoms with Crippen LogP contribution in [0.4, 0.5) is 0 Å². The summed E-state index contributed by atoms with van der Waals surface area (Å²) in [5.74, 6) is 0.736. The fraction of sp³-hybridized carbons (Fsp3) is 0.385. The van der Waals surface area contributed by atoms with E-state index in [2.05, 4.69) is 40.7 Å². The summed E-state index contributed by atoms with van der Waals surface area (Å²) < 4.78 is 0. The standard InChI is InChI=1S/C13H15ClN4S/c1-8-10(14)17-12(13(2,3)4)18-11(8)19-9-5-6-15-7-16-9/h5-7H,1-4H3. The molecule has 4 nitrogen and oxygen atoms in total. The Morgan fingerprint density at radius 1 is 1.21 bits per heavy atom. The van der Waals surface area contributed by atoms with Crippen molar-refractivity contribution in [2.24, 2.45) is 0 Å². The first kappa shape index (κ1) is 14.2. The maximum absolute atomic E-state index is 6.19. The minimum Gasteiger partial charge on any atom is -0.245 e. The number of nitrogens with zero attached hydrogens (tertiary/aromatic N) is 4. The average Bonchev–Trinajstić information content (AvgIpc) is 2.34. The number of aromatic nitrogens is 4. The minimum atomic E-state index is -0.141. The SMILES string of the molecule is Cc1c(Cl)nc(C(C)(C)C)nc1Sc1ccncn1. The zero-order valence-corrected chi connectivity index (χ0v) is 12.9. The van der Waals surface area contributed by atoms with Crippen molar-refractivity contribution in [1.29, 1.82) is 0 Å². The Morgan fingerprint density at radius 3 is 2.53 bits per heavy atom. The maximum atomic E-state index is 6.19. The van der Waals surface area contributed by atoms with Crippen LogP contribution in [0.15, 0.2) is 28.6 Å². The molecule has 0 spiro atoms. The largest absolute Gasteiger partial charge is 0.245 e. The Balaban J connectivity index is 2.42. The average molecular weight is 295 g/mol. The molecule has 0 aromatic carbocycles. The molecule has 0 bridgehead atoms. The molecule has 2 rings (SSSR count). The number of halogens is 1. The molecule has 0 saturated carbocycles. The van der Waals surface area contributed by atoms with E-state index in [-0.39, 0.29) is 5.41 Å². The molecule has 0 saturated heterocycles. The van der Waals surface area contributed by atoms with Crippen molar-refractivity contribution < 1.29 is 0 Å². The molecular weight excluding hydrogens is 280 g/mol. The molecule has 0 aliphatic heterocycles. The van der Waals surface area contributed by atoms with Gasteiger partial charge in [0.25, 0.3) is 0 Å². The molecule has 0 radical (unpaired) electrons. The van der Waals surface area contributed by atoms with Gasteiger partial charge in [-0.15, -0.1) is 0 Å². The van der Waals surface area contributed by atoms with E-state index in [0.29, 0.717) is 5.15 Å². The van der Waals surface area contributed by atoms with Crippen molar-refractivity contribution in [1.82, 2.24) is 19.9 Å². The lowest BCUT2D eigenvalue weighted by atomic mass is 9.96. The third-order valence-electron chi connectivity index (χ3n) is 2.47. The molecule has 0 atom stereocenters. The van der Waals surface area contributed by atoms with E-state index in [1.54, 1.807) is 6.20 Å². The molecule has 6 heteroatoms. The van der Waals surface area contributed by atoms with Crippen LogP contribution in [0.25, 0.3) is 0 Å². The van der Waals surface area contributed by atoms with Crippen molar-refractivity contribution in [2.75, 3.05) is 0 Å².